The summed E-state index contributed by atoms with van der Waals surface area (Å²) in [5.41, 5.74) is 3.25. The van der Waals surface area contributed by atoms with Gasteiger partial charge < -0.3 is 14.8 Å². The van der Waals surface area contributed by atoms with Crippen LogP contribution in [-0.2, 0) is 13.0 Å². The Morgan fingerprint density at radius 3 is 2.56 bits per heavy atom. The number of hydrogen-bond donors (Lipinski definition) is 1. The van der Waals surface area contributed by atoms with Gasteiger partial charge in [0.1, 0.15) is 5.82 Å². The number of rotatable bonds is 7. The Bertz CT molecular complexity index is 1190. The largest absolute Gasteiger partial charge is 0.493 e. The van der Waals surface area contributed by atoms with Crippen molar-refractivity contribution >= 4 is 17.5 Å². The molecule has 1 aliphatic rings. The summed E-state index contributed by atoms with van der Waals surface area (Å²) in [5.74, 6) is 0.828. The minimum absolute atomic E-state index is 0.203. The zero-order valence-corrected chi connectivity index (χ0v) is 20.2. The minimum atomic E-state index is -0.282. The van der Waals surface area contributed by atoms with Gasteiger partial charge in [0, 0.05) is 35.3 Å². The molecule has 1 aliphatic heterocycles. The van der Waals surface area contributed by atoms with Crippen LogP contribution in [0.15, 0.2) is 60.7 Å². The number of hydrogen-bond acceptors (Lipinski definition) is 4. The number of carbonyl (C=O) groups excluding carboxylic acids is 1. The smallest absolute Gasteiger partial charge is 0.251 e. The van der Waals surface area contributed by atoms with Crippen molar-refractivity contribution in [3.63, 3.8) is 0 Å². The topological polar surface area (TPSA) is 50.8 Å². The van der Waals surface area contributed by atoms with Crippen LogP contribution < -0.4 is 14.8 Å². The van der Waals surface area contributed by atoms with Crippen molar-refractivity contribution in [1.29, 1.82) is 0 Å². The molecule has 0 aliphatic carbocycles. The summed E-state index contributed by atoms with van der Waals surface area (Å²) < 4.78 is 25.6. The summed E-state index contributed by atoms with van der Waals surface area (Å²) in [6.45, 7) is 3.09. The molecule has 4 rings (SSSR count). The van der Waals surface area contributed by atoms with Crippen molar-refractivity contribution in [2.45, 2.75) is 32.0 Å². The van der Waals surface area contributed by atoms with E-state index < -0.39 is 0 Å². The number of methoxy groups -OCH3 is 2. The zero-order chi connectivity index (χ0) is 24.2. The lowest BCUT2D eigenvalue weighted by Crippen LogP contribution is -2.47. The number of amides is 1. The molecular formula is C27H28ClFN2O3. The van der Waals surface area contributed by atoms with Crippen LogP contribution in [0.3, 0.4) is 0 Å². The van der Waals surface area contributed by atoms with Crippen molar-refractivity contribution in [3.05, 3.63) is 93.8 Å². The third-order valence-corrected chi connectivity index (χ3v) is 6.51. The average Bonchev–Trinajstić information content (AvgIpc) is 2.84. The standard InChI is InChI=1S/C27H28ClFN2O3/c1-17(30-27(32)19-8-6-9-21(28)13-19)26-22-15-25(34-3)24(33-2)14-18(22)11-12-31(26)16-20-7-4-5-10-23(20)29/h4-10,13-15,17,26H,11-12,16H2,1-3H3,(H,30,32)/t17-,26-/m1/s1. The maximum Gasteiger partial charge on any atom is 0.251 e. The normalized spacial score (nSPS) is 16.4. The number of ether oxygens (including phenoxy) is 2. The van der Waals surface area contributed by atoms with Gasteiger partial charge in [0.15, 0.2) is 11.5 Å². The maximum absolute atomic E-state index is 14.5. The van der Waals surface area contributed by atoms with E-state index in [0.29, 0.717) is 40.7 Å². The summed E-state index contributed by atoms with van der Waals surface area (Å²) in [7, 11) is 3.21. The maximum atomic E-state index is 14.5. The molecule has 0 saturated heterocycles. The number of nitrogens with zero attached hydrogens (tertiary/aromatic N) is 1. The van der Waals surface area contributed by atoms with Gasteiger partial charge in [0.2, 0.25) is 0 Å². The number of benzene rings is 3. The second-order valence-corrected chi connectivity index (χ2v) is 8.87. The fourth-order valence-electron chi connectivity index (χ4n) is 4.64. The molecule has 1 heterocycles. The van der Waals surface area contributed by atoms with E-state index >= 15 is 0 Å². The van der Waals surface area contributed by atoms with Gasteiger partial charge in [-0.05, 0) is 60.9 Å². The molecule has 3 aromatic carbocycles. The van der Waals surface area contributed by atoms with Crippen LogP contribution in [0.1, 0.15) is 40.0 Å². The van der Waals surface area contributed by atoms with Crippen LogP contribution in [0, 0.1) is 5.82 Å². The van der Waals surface area contributed by atoms with Crippen LogP contribution in [0.5, 0.6) is 11.5 Å². The van der Waals surface area contributed by atoms with Gasteiger partial charge in [-0.25, -0.2) is 4.39 Å². The molecule has 0 radical (unpaired) electrons. The third kappa shape index (κ3) is 5.03. The number of fused-ring (bicyclic) bond motifs is 1. The molecular weight excluding hydrogens is 455 g/mol. The van der Waals surface area contributed by atoms with Crippen molar-refractivity contribution in [1.82, 2.24) is 10.2 Å². The first-order valence-electron chi connectivity index (χ1n) is 11.2. The van der Waals surface area contributed by atoms with E-state index in [1.54, 1.807) is 50.6 Å². The third-order valence-electron chi connectivity index (χ3n) is 6.28. The van der Waals surface area contributed by atoms with Crippen LogP contribution in [0.25, 0.3) is 0 Å². The fourth-order valence-corrected chi connectivity index (χ4v) is 4.83. The molecule has 0 spiro atoms. The summed E-state index contributed by atoms with van der Waals surface area (Å²) in [6, 6.07) is 17.1. The second-order valence-electron chi connectivity index (χ2n) is 8.44. The Morgan fingerprint density at radius 1 is 1.12 bits per heavy atom. The van der Waals surface area contributed by atoms with Crippen LogP contribution in [0.2, 0.25) is 5.02 Å². The fraction of sp³-hybridized carbons (Fsp3) is 0.296. The monoisotopic (exact) mass is 482 g/mol. The Hall–Kier alpha value is -3.09. The van der Waals surface area contributed by atoms with E-state index in [2.05, 4.69) is 10.2 Å². The first-order valence-corrected chi connectivity index (χ1v) is 11.6. The van der Waals surface area contributed by atoms with Crippen LogP contribution in [0.4, 0.5) is 4.39 Å². The van der Waals surface area contributed by atoms with Crippen molar-refractivity contribution in [2.75, 3.05) is 20.8 Å². The van der Waals surface area contributed by atoms with E-state index in [0.717, 1.165) is 17.5 Å². The highest BCUT2D eigenvalue weighted by molar-refractivity contribution is 6.30. The first kappa shape index (κ1) is 24.0. The highest BCUT2D eigenvalue weighted by atomic mass is 35.5. The van der Waals surface area contributed by atoms with Crippen molar-refractivity contribution in [2.24, 2.45) is 0 Å². The van der Waals surface area contributed by atoms with Gasteiger partial charge in [-0.15, -0.1) is 0 Å². The summed E-state index contributed by atoms with van der Waals surface area (Å²) >= 11 is 6.08. The van der Waals surface area contributed by atoms with E-state index in [1.165, 1.54) is 6.07 Å². The van der Waals surface area contributed by atoms with E-state index in [1.807, 2.05) is 25.1 Å². The molecule has 0 saturated carbocycles. The van der Waals surface area contributed by atoms with Crippen molar-refractivity contribution in [3.8, 4) is 11.5 Å². The Morgan fingerprint density at radius 2 is 1.85 bits per heavy atom. The Kier molecular flexibility index (Phi) is 7.39. The SMILES string of the molecule is COc1cc2c(cc1OC)[C@@H]([C@@H](C)NC(=O)c1cccc(Cl)c1)N(Cc1ccccc1F)CC2. The lowest BCUT2D eigenvalue weighted by molar-refractivity contribution is 0.0875. The number of nitrogens with one attached hydrogen (secondary N) is 1. The molecule has 34 heavy (non-hydrogen) atoms. The van der Waals surface area contributed by atoms with Gasteiger partial charge in [-0.3, -0.25) is 9.69 Å². The number of carbonyl (C=O) groups is 1. The average molecular weight is 483 g/mol. The molecule has 7 heteroatoms. The molecule has 178 valence electrons. The highest BCUT2D eigenvalue weighted by Crippen LogP contribution is 2.40. The first-order chi connectivity index (χ1) is 16.4. The van der Waals surface area contributed by atoms with Gasteiger partial charge in [-0.1, -0.05) is 35.9 Å². The molecule has 5 nitrogen and oxygen atoms in total. The van der Waals surface area contributed by atoms with Crippen molar-refractivity contribution < 1.29 is 18.7 Å². The van der Waals surface area contributed by atoms with E-state index in [-0.39, 0.29) is 23.8 Å². The van der Waals surface area contributed by atoms with Gasteiger partial charge in [0.25, 0.3) is 5.91 Å². The van der Waals surface area contributed by atoms with Gasteiger partial charge in [0.05, 0.1) is 20.3 Å². The predicted molar refractivity (Wildman–Crippen MR) is 131 cm³/mol. The lowest BCUT2D eigenvalue weighted by Gasteiger charge is -2.41. The summed E-state index contributed by atoms with van der Waals surface area (Å²) in [4.78, 5) is 15.2. The Labute approximate surface area is 204 Å². The molecule has 0 bridgehead atoms. The molecule has 2 atom stereocenters. The van der Waals surface area contributed by atoms with Crippen LogP contribution >= 0.6 is 11.6 Å². The number of halogens is 2. The van der Waals surface area contributed by atoms with Gasteiger partial charge in [-0.2, -0.15) is 0 Å². The second kappa shape index (κ2) is 10.5. The van der Waals surface area contributed by atoms with Crippen LogP contribution in [-0.4, -0.2) is 37.6 Å². The summed E-state index contributed by atoms with van der Waals surface area (Å²) in [6.07, 6.45) is 0.773. The zero-order valence-electron chi connectivity index (χ0n) is 19.5. The van der Waals surface area contributed by atoms with Gasteiger partial charge >= 0.3 is 0 Å². The Balaban J connectivity index is 1.70. The molecule has 1 N–H and O–H groups in total. The quantitative estimate of drug-likeness (QED) is 0.489. The predicted octanol–water partition coefficient (Wildman–Crippen LogP) is 5.41. The lowest BCUT2D eigenvalue weighted by atomic mass is 9.87. The van der Waals surface area contributed by atoms with E-state index in [4.69, 9.17) is 21.1 Å². The molecule has 0 aromatic heterocycles. The minimum Gasteiger partial charge on any atom is -0.493 e. The molecule has 3 aromatic rings. The summed E-state index contributed by atoms with van der Waals surface area (Å²) in [5, 5.41) is 3.63. The molecule has 1 amide bonds. The highest BCUT2D eigenvalue weighted by Gasteiger charge is 2.34. The molecule has 0 unspecified atom stereocenters. The molecule has 0 fully saturated rings. The van der Waals surface area contributed by atoms with E-state index in [9.17, 15) is 9.18 Å².